The van der Waals surface area contributed by atoms with E-state index in [1.165, 1.54) is 23.9 Å². The average molecular weight is 239 g/mol. The molecule has 0 heterocycles. The molecule has 0 bridgehead atoms. The highest BCUT2D eigenvalue weighted by Crippen LogP contribution is 2.27. The van der Waals surface area contributed by atoms with Crippen molar-refractivity contribution in [3.05, 3.63) is 28.2 Å². The van der Waals surface area contributed by atoms with E-state index in [2.05, 4.69) is 15.9 Å². The van der Waals surface area contributed by atoms with Crippen LogP contribution in [0.3, 0.4) is 0 Å². The molecule has 4 heteroatoms. The first-order chi connectivity index (χ1) is 5.16. The van der Waals surface area contributed by atoms with Crippen molar-refractivity contribution in [2.45, 2.75) is 4.90 Å². The van der Waals surface area contributed by atoms with Crippen molar-refractivity contribution in [3.63, 3.8) is 0 Å². The number of hydrogen-bond donors (Lipinski definition) is 0. The van der Waals surface area contributed by atoms with Crippen LogP contribution in [0.1, 0.15) is 0 Å². The second kappa shape index (κ2) is 3.54. The van der Waals surface area contributed by atoms with E-state index >= 15 is 0 Å². The van der Waals surface area contributed by atoms with Gasteiger partial charge in [0.15, 0.2) is 5.82 Å². The zero-order valence-electron chi connectivity index (χ0n) is 5.70. The predicted octanol–water partition coefficient (Wildman–Crippen LogP) is 3.45. The van der Waals surface area contributed by atoms with Gasteiger partial charge >= 0.3 is 0 Å². The van der Waals surface area contributed by atoms with Crippen molar-refractivity contribution < 1.29 is 8.78 Å². The molecule has 1 aromatic rings. The van der Waals surface area contributed by atoms with Gasteiger partial charge in [-0.05, 0) is 34.3 Å². The van der Waals surface area contributed by atoms with Crippen molar-refractivity contribution in [1.29, 1.82) is 0 Å². The summed E-state index contributed by atoms with van der Waals surface area (Å²) in [6.45, 7) is 0. The summed E-state index contributed by atoms with van der Waals surface area (Å²) in [5.41, 5.74) is 0. The molecule has 0 fully saturated rings. The molecule has 0 atom stereocenters. The number of hydrogen-bond acceptors (Lipinski definition) is 1. The van der Waals surface area contributed by atoms with Gasteiger partial charge in [0.1, 0.15) is 5.82 Å². The van der Waals surface area contributed by atoms with Crippen LogP contribution in [0.5, 0.6) is 0 Å². The van der Waals surface area contributed by atoms with E-state index in [4.69, 9.17) is 0 Å². The lowest BCUT2D eigenvalue weighted by Gasteiger charge is -2.00. The van der Waals surface area contributed by atoms with Crippen molar-refractivity contribution in [3.8, 4) is 0 Å². The SMILES string of the molecule is CSc1ccc(F)c(Br)c1F. The second-order valence-corrected chi connectivity index (χ2v) is 3.52. The van der Waals surface area contributed by atoms with Gasteiger partial charge in [-0.3, -0.25) is 0 Å². The third-order valence-electron chi connectivity index (χ3n) is 1.22. The van der Waals surface area contributed by atoms with Gasteiger partial charge in [-0.15, -0.1) is 11.8 Å². The monoisotopic (exact) mass is 238 g/mol. The molecule has 0 nitrogen and oxygen atoms in total. The van der Waals surface area contributed by atoms with Gasteiger partial charge in [0.25, 0.3) is 0 Å². The summed E-state index contributed by atoms with van der Waals surface area (Å²) >= 11 is 4.05. The highest BCUT2D eigenvalue weighted by Gasteiger charge is 2.09. The molecular weight excluding hydrogens is 234 g/mol. The molecule has 1 aromatic carbocycles. The normalized spacial score (nSPS) is 10.2. The molecule has 11 heavy (non-hydrogen) atoms. The van der Waals surface area contributed by atoms with E-state index in [1.807, 2.05) is 0 Å². The van der Waals surface area contributed by atoms with E-state index in [0.717, 1.165) is 0 Å². The standard InChI is InChI=1S/C7H5BrF2S/c1-11-5-3-2-4(9)6(8)7(5)10/h2-3H,1H3. The first-order valence-corrected chi connectivity index (χ1v) is 4.86. The Bertz CT molecular complexity index is 275. The van der Waals surface area contributed by atoms with Gasteiger partial charge in [-0.25, -0.2) is 8.78 Å². The van der Waals surface area contributed by atoms with E-state index in [9.17, 15) is 8.78 Å². The zero-order valence-corrected chi connectivity index (χ0v) is 8.10. The highest BCUT2D eigenvalue weighted by molar-refractivity contribution is 9.10. The average Bonchev–Trinajstić information content (AvgIpc) is 2.01. The summed E-state index contributed by atoms with van der Waals surface area (Å²) in [5, 5.41) is 0. The van der Waals surface area contributed by atoms with Crippen LogP contribution in [0.2, 0.25) is 0 Å². The molecule has 0 amide bonds. The van der Waals surface area contributed by atoms with E-state index in [1.54, 1.807) is 6.26 Å². The Balaban J connectivity index is 3.25. The Morgan fingerprint density at radius 1 is 1.36 bits per heavy atom. The maximum Gasteiger partial charge on any atom is 0.153 e. The van der Waals surface area contributed by atoms with Crippen molar-refractivity contribution in [1.82, 2.24) is 0 Å². The lowest BCUT2D eigenvalue weighted by Crippen LogP contribution is -1.86. The zero-order chi connectivity index (χ0) is 8.43. The van der Waals surface area contributed by atoms with Crippen LogP contribution in [-0.4, -0.2) is 6.26 Å². The summed E-state index contributed by atoms with van der Waals surface area (Å²) in [6.07, 6.45) is 1.74. The summed E-state index contributed by atoms with van der Waals surface area (Å²) in [4.78, 5) is 0.443. The van der Waals surface area contributed by atoms with Gasteiger partial charge < -0.3 is 0 Å². The largest absolute Gasteiger partial charge is 0.206 e. The van der Waals surface area contributed by atoms with Crippen LogP contribution >= 0.6 is 27.7 Å². The third kappa shape index (κ3) is 1.73. The molecule has 0 aromatic heterocycles. The Hall–Kier alpha value is -0.0900. The third-order valence-corrected chi connectivity index (χ3v) is 2.70. The Morgan fingerprint density at radius 3 is 2.55 bits per heavy atom. The highest BCUT2D eigenvalue weighted by atomic mass is 79.9. The number of benzene rings is 1. The Kier molecular flexibility index (Phi) is 2.90. The topological polar surface area (TPSA) is 0 Å². The van der Waals surface area contributed by atoms with Crippen molar-refractivity contribution >= 4 is 27.7 Å². The van der Waals surface area contributed by atoms with Crippen molar-refractivity contribution in [2.75, 3.05) is 6.26 Å². The minimum absolute atomic E-state index is 0.0932. The van der Waals surface area contributed by atoms with Crippen LogP contribution in [0.15, 0.2) is 21.5 Å². The minimum Gasteiger partial charge on any atom is -0.206 e. The van der Waals surface area contributed by atoms with Crippen LogP contribution in [0.4, 0.5) is 8.78 Å². The minimum atomic E-state index is -0.569. The van der Waals surface area contributed by atoms with Crippen molar-refractivity contribution in [2.24, 2.45) is 0 Å². The molecule has 0 unspecified atom stereocenters. The van der Waals surface area contributed by atoms with Gasteiger partial charge in [-0.1, -0.05) is 0 Å². The van der Waals surface area contributed by atoms with Gasteiger partial charge in [0, 0.05) is 4.90 Å². The maximum absolute atomic E-state index is 13.0. The number of thioether (sulfide) groups is 1. The molecule has 0 saturated carbocycles. The lowest BCUT2D eigenvalue weighted by atomic mass is 10.3. The van der Waals surface area contributed by atoms with Crippen LogP contribution < -0.4 is 0 Å². The van der Waals surface area contributed by atoms with Gasteiger partial charge in [0.05, 0.1) is 4.47 Å². The van der Waals surface area contributed by atoms with E-state index < -0.39 is 11.6 Å². The van der Waals surface area contributed by atoms with E-state index in [-0.39, 0.29) is 4.47 Å². The lowest BCUT2D eigenvalue weighted by molar-refractivity contribution is 0.554. The summed E-state index contributed by atoms with van der Waals surface area (Å²) in [6, 6.07) is 2.65. The second-order valence-electron chi connectivity index (χ2n) is 1.88. The predicted molar refractivity (Wildman–Crippen MR) is 45.8 cm³/mol. The van der Waals surface area contributed by atoms with Crippen LogP contribution in [0, 0.1) is 11.6 Å². The van der Waals surface area contributed by atoms with Gasteiger partial charge in [0.2, 0.25) is 0 Å². The molecule has 0 radical (unpaired) electrons. The molecule has 0 aliphatic rings. The van der Waals surface area contributed by atoms with Crippen LogP contribution in [-0.2, 0) is 0 Å². The summed E-state index contributed by atoms with van der Waals surface area (Å²) in [5.74, 6) is -1.10. The number of rotatable bonds is 1. The fourth-order valence-electron chi connectivity index (χ4n) is 0.666. The quantitative estimate of drug-likeness (QED) is 0.534. The molecule has 0 aliphatic carbocycles. The molecule has 0 N–H and O–H groups in total. The molecule has 0 saturated heterocycles. The fraction of sp³-hybridized carbons (Fsp3) is 0.143. The number of halogens is 3. The Morgan fingerprint density at radius 2 is 2.00 bits per heavy atom. The first kappa shape index (κ1) is 9.00. The molecule has 0 spiro atoms. The Labute approximate surface area is 76.1 Å². The molecule has 0 aliphatic heterocycles. The van der Waals surface area contributed by atoms with E-state index in [0.29, 0.717) is 4.90 Å². The smallest absolute Gasteiger partial charge is 0.153 e. The summed E-state index contributed by atoms with van der Waals surface area (Å²) in [7, 11) is 0. The molecular formula is C7H5BrF2S. The maximum atomic E-state index is 13.0. The first-order valence-electron chi connectivity index (χ1n) is 2.84. The molecule has 60 valence electrons. The fourth-order valence-corrected chi connectivity index (χ4v) is 1.63. The van der Waals surface area contributed by atoms with Gasteiger partial charge in [-0.2, -0.15) is 0 Å². The van der Waals surface area contributed by atoms with Crippen LogP contribution in [0.25, 0.3) is 0 Å². The summed E-state index contributed by atoms with van der Waals surface area (Å²) < 4.78 is 25.5. The molecule has 1 rings (SSSR count).